The Bertz CT molecular complexity index is 696. The lowest BCUT2D eigenvalue weighted by Crippen LogP contribution is -2.49. The number of aliphatic hydroxyl groups excluding tert-OH is 1. The molecule has 2 heterocycles. The van der Waals surface area contributed by atoms with Crippen molar-refractivity contribution in [2.24, 2.45) is 5.92 Å². The summed E-state index contributed by atoms with van der Waals surface area (Å²) in [7, 11) is 0. The maximum Gasteiger partial charge on any atom is 0.228 e. The molecule has 0 unspecified atom stereocenters. The molecule has 4 heteroatoms. The highest BCUT2D eigenvalue weighted by atomic mass is 16.2. The third kappa shape index (κ3) is 1.88. The molecule has 1 aromatic carbocycles. The zero-order valence-corrected chi connectivity index (χ0v) is 13.2. The predicted octanol–water partition coefficient (Wildman–Crippen LogP) is 2.08. The number of rotatable bonds is 3. The number of amides is 1. The molecule has 1 aliphatic carbocycles. The van der Waals surface area contributed by atoms with E-state index in [2.05, 4.69) is 28.9 Å². The largest absolute Gasteiger partial charge is 0.392 e. The average molecular weight is 310 g/mol. The van der Waals surface area contributed by atoms with Crippen molar-refractivity contribution in [2.75, 3.05) is 25.0 Å². The van der Waals surface area contributed by atoms with Gasteiger partial charge in [-0.3, -0.25) is 9.69 Å². The standard InChI is InChI=1S/C19H22N2O2/c1-2-9-21-10-8-19-14-5-3-4-6-16(14)20-18(23)15(19)12-13(7-11-22)17(19)21/h2-7,15,17,22H,1,8-12H2,(H,20,23)/b13-7-/t15-,17+,19+/m1/s1. The van der Waals surface area contributed by atoms with Gasteiger partial charge in [-0.05, 0) is 24.5 Å². The van der Waals surface area contributed by atoms with Gasteiger partial charge in [0.2, 0.25) is 5.91 Å². The van der Waals surface area contributed by atoms with Gasteiger partial charge in [0.25, 0.3) is 0 Å². The Balaban J connectivity index is 1.91. The van der Waals surface area contributed by atoms with Gasteiger partial charge in [0.15, 0.2) is 0 Å². The Morgan fingerprint density at radius 1 is 1.43 bits per heavy atom. The molecule has 4 nitrogen and oxygen atoms in total. The van der Waals surface area contributed by atoms with Crippen LogP contribution in [0.15, 0.2) is 48.6 Å². The molecule has 1 aromatic rings. The number of anilines is 1. The van der Waals surface area contributed by atoms with Gasteiger partial charge in [-0.1, -0.05) is 35.9 Å². The van der Waals surface area contributed by atoms with Crippen molar-refractivity contribution in [1.29, 1.82) is 0 Å². The molecule has 2 fully saturated rings. The summed E-state index contributed by atoms with van der Waals surface area (Å²) in [6.07, 6.45) is 5.54. The van der Waals surface area contributed by atoms with Crippen LogP contribution in [0.25, 0.3) is 0 Å². The first-order valence-corrected chi connectivity index (χ1v) is 8.27. The molecule has 1 saturated carbocycles. The van der Waals surface area contributed by atoms with Crippen LogP contribution in [0.2, 0.25) is 0 Å². The fraction of sp³-hybridized carbons (Fsp3) is 0.421. The summed E-state index contributed by atoms with van der Waals surface area (Å²) in [5.41, 5.74) is 3.24. The fourth-order valence-corrected chi connectivity index (χ4v) is 5.07. The molecule has 120 valence electrons. The molecule has 1 spiro atoms. The molecule has 1 saturated heterocycles. The van der Waals surface area contributed by atoms with Gasteiger partial charge in [-0.25, -0.2) is 0 Å². The summed E-state index contributed by atoms with van der Waals surface area (Å²) in [5.74, 6) is 0.0745. The van der Waals surface area contributed by atoms with Crippen LogP contribution < -0.4 is 5.32 Å². The molecule has 1 amide bonds. The van der Waals surface area contributed by atoms with Crippen LogP contribution in [0.5, 0.6) is 0 Å². The number of para-hydroxylation sites is 1. The maximum absolute atomic E-state index is 12.8. The van der Waals surface area contributed by atoms with Crippen LogP contribution in [0.1, 0.15) is 18.4 Å². The smallest absolute Gasteiger partial charge is 0.228 e. The first kappa shape index (κ1) is 14.7. The van der Waals surface area contributed by atoms with Crippen LogP contribution in [-0.2, 0) is 10.2 Å². The van der Waals surface area contributed by atoms with Crippen LogP contribution in [0.3, 0.4) is 0 Å². The zero-order valence-electron chi connectivity index (χ0n) is 13.2. The minimum atomic E-state index is -0.164. The number of nitrogens with one attached hydrogen (secondary N) is 1. The Hall–Kier alpha value is -1.91. The number of nitrogens with zero attached hydrogens (tertiary/aromatic N) is 1. The second-order valence-corrected chi connectivity index (χ2v) is 6.73. The summed E-state index contributed by atoms with van der Waals surface area (Å²) < 4.78 is 0. The molecule has 2 N–H and O–H groups in total. The van der Waals surface area contributed by atoms with Crippen LogP contribution in [-0.4, -0.2) is 41.7 Å². The van der Waals surface area contributed by atoms with Crippen molar-refractivity contribution < 1.29 is 9.90 Å². The summed E-state index contributed by atoms with van der Waals surface area (Å²) in [6.45, 7) is 5.68. The molecular formula is C19H22N2O2. The predicted molar refractivity (Wildman–Crippen MR) is 90.2 cm³/mol. The number of benzene rings is 1. The summed E-state index contributed by atoms with van der Waals surface area (Å²) in [5, 5.41) is 12.5. The maximum atomic E-state index is 12.8. The second-order valence-electron chi connectivity index (χ2n) is 6.73. The zero-order chi connectivity index (χ0) is 16.0. The Labute approximate surface area is 136 Å². The molecule has 23 heavy (non-hydrogen) atoms. The van der Waals surface area contributed by atoms with E-state index < -0.39 is 0 Å². The first-order chi connectivity index (χ1) is 11.2. The molecular weight excluding hydrogens is 288 g/mol. The highest BCUT2D eigenvalue weighted by molar-refractivity contribution is 5.98. The van der Waals surface area contributed by atoms with E-state index in [0.717, 1.165) is 31.6 Å². The van der Waals surface area contributed by atoms with E-state index in [-0.39, 0.29) is 29.9 Å². The topological polar surface area (TPSA) is 52.6 Å². The number of carbonyl (C=O) groups is 1. The number of hydrogen-bond donors (Lipinski definition) is 2. The third-order valence-electron chi connectivity index (χ3n) is 5.80. The van der Waals surface area contributed by atoms with Crippen molar-refractivity contribution in [3.05, 3.63) is 54.1 Å². The molecule has 3 aliphatic rings. The van der Waals surface area contributed by atoms with Crippen molar-refractivity contribution in [2.45, 2.75) is 24.3 Å². The fourth-order valence-electron chi connectivity index (χ4n) is 5.07. The lowest BCUT2D eigenvalue weighted by atomic mass is 9.66. The molecule has 0 bridgehead atoms. The van der Waals surface area contributed by atoms with Gasteiger partial charge in [-0.2, -0.15) is 0 Å². The number of aliphatic hydroxyl groups is 1. The van der Waals surface area contributed by atoms with E-state index in [9.17, 15) is 9.90 Å². The van der Waals surface area contributed by atoms with Crippen molar-refractivity contribution in [3.8, 4) is 0 Å². The molecule has 3 atom stereocenters. The highest BCUT2D eigenvalue weighted by Crippen LogP contribution is 2.59. The van der Waals surface area contributed by atoms with E-state index in [1.807, 2.05) is 24.3 Å². The van der Waals surface area contributed by atoms with Gasteiger partial charge in [-0.15, -0.1) is 6.58 Å². The van der Waals surface area contributed by atoms with Crippen LogP contribution in [0.4, 0.5) is 5.69 Å². The second kappa shape index (κ2) is 5.32. The van der Waals surface area contributed by atoms with Crippen LogP contribution >= 0.6 is 0 Å². The van der Waals surface area contributed by atoms with E-state index >= 15 is 0 Å². The van der Waals surface area contributed by atoms with Crippen molar-refractivity contribution >= 4 is 11.6 Å². The Kier molecular flexibility index (Phi) is 3.39. The molecule has 4 rings (SSSR count). The molecule has 2 aliphatic heterocycles. The number of fused-ring (bicyclic) bond motifs is 1. The van der Waals surface area contributed by atoms with Crippen LogP contribution in [0, 0.1) is 5.92 Å². The lowest BCUT2D eigenvalue weighted by Gasteiger charge is -2.41. The van der Waals surface area contributed by atoms with Gasteiger partial charge in [0.1, 0.15) is 0 Å². The monoisotopic (exact) mass is 310 g/mol. The SMILES string of the molecule is C=CCN1CC[C@]23c4ccccc4NC(=O)[C@H]2C/C(=C/CO)[C@H]13. The van der Waals surface area contributed by atoms with E-state index in [1.165, 1.54) is 11.1 Å². The van der Waals surface area contributed by atoms with Crippen molar-refractivity contribution in [1.82, 2.24) is 4.90 Å². The summed E-state index contributed by atoms with van der Waals surface area (Å²) in [6, 6.07) is 8.38. The van der Waals surface area contributed by atoms with Gasteiger partial charge < -0.3 is 10.4 Å². The quantitative estimate of drug-likeness (QED) is 0.841. The third-order valence-corrected chi connectivity index (χ3v) is 5.80. The minimum Gasteiger partial charge on any atom is -0.392 e. The number of carbonyl (C=O) groups excluding carboxylic acids is 1. The Morgan fingerprint density at radius 2 is 2.26 bits per heavy atom. The molecule has 0 radical (unpaired) electrons. The summed E-state index contributed by atoms with van der Waals surface area (Å²) in [4.78, 5) is 15.2. The number of hydrogen-bond acceptors (Lipinski definition) is 3. The highest BCUT2D eigenvalue weighted by Gasteiger charge is 2.62. The van der Waals surface area contributed by atoms with E-state index in [0.29, 0.717) is 0 Å². The minimum absolute atomic E-state index is 0.0276. The normalized spacial score (nSPS) is 34.0. The first-order valence-electron chi connectivity index (χ1n) is 8.27. The van der Waals surface area contributed by atoms with Gasteiger partial charge in [0.05, 0.1) is 12.5 Å². The van der Waals surface area contributed by atoms with E-state index in [1.54, 1.807) is 0 Å². The van der Waals surface area contributed by atoms with E-state index in [4.69, 9.17) is 0 Å². The van der Waals surface area contributed by atoms with Crippen molar-refractivity contribution in [3.63, 3.8) is 0 Å². The average Bonchev–Trinajstić information content (AvgIpc) is 3.06. The van der Waals surface area contributed by atoms with Gasteiger partial charge >= 0.3 is 0 Å². The lowest BCUT2D eigenvalue weighted by molar-refractivity contribution is -0.122. The van der Waals surface area contributed by atoms with Gasteiger partial charge in [0, 0.05) is 30.2 Å². The Morgan fingerprint density at radius 3 is 3.04 bits per heavy atom. The number of likely N-dealkylation sites (tertiary alicyclic amines) is 1. The summed E-state index contributed by atoms with van der Waals surface area (Å²) >= 11 is 0. The molecule has 0 aromatic heterocycles.